The van der Waals surface area contributed by atoms with Crippen molar-refractivity contribution in [2.45, 2.75) is 52.9 Å². The van der Waals surface area contributed by atoms with Crippen molar-refractivity contribution < 1.29 is 9.59 Å². The van der Waals surface area contributed by atoms with Crippen molar-refractivity contribution in [3.05, 3.63) is 81.7 Å². The third-order valence-electron chi connectivity index (χ3n) is 7.97. The highest BCUT2D eigenvalue weighted by Gasteiger charge is 2.44. The molecule has 0 N–H and O–H groups in total. The molecule has 0 aliphatic heterocycles. The Morgan fingerprint density at radius 2 is 1.50 bits per heavy atom. The van der Waals surface area contributed by atoms with E-state index in [2.05, 4.69) is 55.0 Å². The SMILES string of the molecule is CC1(C)CCCC(C)(C)C1c1ccc(/N=N/c2nc3sc(C=C4C(=O)c5ccccc5C4=O)cc3s2)cc1. The summed E-state index contributed by atoms with van der Waals surface area (Å²) >= 11 is 2.89. The highest BCUT2D eigenvalue weighted by molar-refractivity contribution is 7.29. The predicted molar refractivity (Wildman–Crippen MR) is 155 cm³/mol. The first kappa shape index (κ1) is 25.0. The number of aromatic nitrogens is 1. The van der Waals surface area contributed by atoms with Crippen molar-refractivity contribution in [3.8, 4) is 0 Å². The maximum Gasteiger partial charge on any atom is 0.231 e. The number of hydrogen-bond donors (Lipinski definition) is 0. The Morgan fingerprint density at radius 1 is 0.868 bits per heavy atom. The molecule has 7 heteroatoms. The minimum absolute atomic E-state index is 0.212. The van der Waals surface area contributed by atoms with Gasteiger partial charge in [-0.2, -0.15) is 0 Å². The maximum atomic E-state index is 12.7. The van der Waals surface area contributed by atoms with Crippen LogP contribution in [0.1, 0.15) is 84.0 Å². The molecule has 0 spiro atoms. The number of carbonyl (C=O) groups excluding carboxylic acids is 2. The van der Waals surface area contributed by atoms with Crippen LogP contribution in [0, 0.1) is 10.8 Å². The zero-order valence-corrected chi connectivity index (χ0v) is 23.6. The van der Waals surface area contributed by atoms with Gasteiger partial charge in [0.15, 0.2) is 11.6 Å². The fourth-order valence-corrected chi connectivity index (χ4v) is 8.47. The largest absolute Gasteiger partial charge is 0.288 e. The van der Waals surface area contributed by atoms with Crippen molar-refractivity contribution in [2.75, 3.05) is 0 Å². The van der Waals surface area contributed by atoms with Gasteiger partial charge in [0.2, 0.25) is 5.13 Å². The molecule has 0 bridgehead atoms. The maximum absolute atomic E-state index is 12.7. The molecule has 0 saturated heterocycles. The van der Waals surface area contributed by atoms with E-state index < -0.39 is 0 Å². The molecule has 192 valence electrons. The number of carbonyl (C=O) groups is 2. The van der Waals surface area contributed by atoms with E-state index in [0.717, 1.165) is 20.1 Å². The van der Waals surface area contributed by atoms with Crippen LogP contribution in [0.2, 0.25) is 0 Å². The number of azo groups is 1. The van der Waals surface area contributed by atoms with Gasteiger partial charge in [-0.15, -0.1) is 21.6 Å². The van der Waals surface area contributed by atoms with Gasteiger partial charge >= 0.3 is 0 Å². The minimum atomic E-state index is -0.216. The molecule has 6 rings (SSSR count). The van der Waals surface area contributed by atoms with Crippen LogP contribution >= 0.6 is 22.7 Å². The number of hydrogen-bond acceptors (Lipinski definition) is 7. The quantitative estimate of drug-likeness (QED) is 0.147. The van der Waals surface area contributed by atoms with Crippen LogP contribution < -0.4 is 0 Å². The number of thiazole rings is 1. The molecular weight excluding hydrogens is 510 g/mol. The Kier molecular flexibility index (Phi) is 6.04. The molecule has 0 unspecified atom stereocenters. The summed E-state index contributed by atoms with van der Waals surface area (Å²) in [6, 6.07) is 17.4. The summed E-state index contributed by atoms with van der Waals surface area (Å²) in [7, 11) is 0. The van der Waals surface area contributed by atoms with Gasteiger partial charge in [0, 0.05) is 16.0 Å². The number of ketones is 2. The molecule has 5 nitrogen and oxygen atoms in total. The molecule has 4 aromatic rings. The Labute approximate surface area is 230 Å². The zero-order chi connectivity index (χ0) is 26.7. The highest BCUT2D eigenvalue weighted by Crippen LogP contribution is 2.56. The molecule has 0 amide bonds. The average molecular weight is 540 g/mol. The average Bonchev–Trinajstić information content (AvgIpc) is 3.49. The van der Waals surface area contributed by atoms with Crippen molar-refractivity contribution in [1.82, 2.24) is 4.98 Å². The Bertz CT molecular complexity index is 1550. The lowest BCUT2D eigenvalue weighted by Gasteiger charge is -2.49. The molecule has 2 aromatic carbocycles. The van der Waals surface area contributed by atoms with E-state index in [4.69, 9.17) is 0 Å². The van der Waals surface area contributed by atoms with Crippen LogP contribution in [0.15, 0.2) is 70.4 Å². The molecule has 2 heterocycles. The van der Waals surface area contributed by atoms with E-state index in [0.29, 0.717) is 22.2 Å². The first-order valence-electron chi connectivity index (χ1n) is 12.9. The summed E-state index contributed by atoms with van der Waals surface area (Å²) in [5, 5.41) is 9.41. The van der Waals surface area contributed by atoms with Crippen molar-refractivity contribution in [2.24, 2.45) is 21.1 Å². The molecule has 2 aromatic heterocycles. The molecule has 0 atom stereocenters. The van der Waals surface area contributed by atoms with Crippen LogP contribution in [0.5, 0.6) is 0 Å². The summed E-state index contributed by atoms with van der Waals surface area (Å²) in [6.45, 7) is 9.57. The highest BCUT2D eigenvalue weighted by atomic mass is 32.1. The Balaban J connectivity index is 1.19. The number of Topliss-reactive ketones (excluding diaryl/α,β-unsaturated/α-hetero) is 2. The van der Waals surface area contributed by atoms with E-state index >= 15 is 0 Å². The standard InChI is InChI=1S/C31H29N3O2S2/c1-30(2)14-7-15-31(3,4)27(30)18-10-12-19(13-11-18)33-34-29-32-28-24(38-29)17-20(37-28)16-23-25(35)21-8-5-6-9-22(21)26(23)36/h5-6,8-13,16-17,27H,7,14-15H2,1-4H3/b34-33+. The van der Waals surface area contributed by atoms with E-state index in [1.807, 2.05) is 18.2 Å². The molecule has 38 heavy (non-hydrogen) atoms. The molecule has 2 aliphatic carbocycles. The van der Waals surface area contributed by atoms with Crippen LogP contribution in [0.4, 0.5) is 10.8 Å². The molecule has 0 radical (unpaired) electrons. The number of nitrogens with zero attached hydrogens (tertiary/aromatic N) is 3. The normalized spacial score (nSPS) is 19.0. The number of fused-ring (bicyclic) bond motifs is 2. The molecular formula is C31H29N3O2S2. The fraction of sp³-hybridized carbons (Fsp3) is 0.323. The van der Waals surface area contributed by atoms with Crippen LogP contribution in [-0.4, -0.2) is 16.6 Å². The van der Waals surface area contributed by atoms with Crippen LogP contribution in [0.3, 0.4) is 0 Å². The summed E-state index contributed by atoms with van der Waals surface area (Å²) in [5.41, 5.74) is 3.88. The molecule has 1 fully saturated rings. The first-order valence-corrected chi connectivity index (χ1v) is 14.6. The summed E-state index contributed by atoms with van der Waals surface area (Å²) in [4.78, 5) is 31.6. The lowest BCUT2D eigenvalue weighted by atomic mass is 9.55. The predicted octanol–water partition coefficient (Wildman–Crippen LogP) is 9.56. The summed E-state index contributed by atoms with van der Waals surface area (Å²) in [6.07, 6.45) is 5.48. The second-order valence-corrected chi connectivity index (χ2v) is 13.7. The number of allylic oxidation sites excluding steroid dienone is 1. The zero-order valence-electron chi connectivity index (χ0n) is 21.9. The van der Waals surface area contributed by atoms with Gasteiger partial charge in [0.25, 0.3) is 0 Å². The summed E-state index contributed by atoms with van der Waals surface area (Å²) < 4.78 is 0.961. The second kappa shape index (κ2) is 9.17. The van der Waals surface area contributed by atoms with Crippen molar-refractivity contribution in [3.63, 3.8) is 0 Å². The summed E-state index contributed by atoms with van der Waals surface area (Å²) in [5.74, 6) is 0.0755. The van der Waals surface area contributed by atoms with Crippen molar-refractivity contribution in [1.29, 1.82) is 0 Å². The molecule has 1 saturated carbocycles. The third kappa shape index (κ3) is 4.37. The lowest BCUT2D eigenvalue weighted by Crippen LogP contribution is -2.38. The van der Waals surface area contributed by atoms with Crippen LogP contribution in [-0.2, 0) is 0 Å². The first-order chi connectivity index (χ1) is 18.1. The van der Waals surface area contributed by atoms with Gasteiger partial charge < -0.3 is 0 Å². The number of thiophene rings is 1. The van der Waals surface area contributed by atoms with Gasteiger partial charge in [-0.05, 0) is 59.4 Å². The smallest absolute Gasteiger partial charge is 0.231 e. The minimum Gasteiger partial charge on any atom is -0.288 e. The Hall–Kier alpha value is -3.29. The monoisotopic (exact) mass is 539 g/mol. The lowest BCUT2D eigenvalue weighted by molar-refractivity contribution is 0.0727. The molecule has 2 aliphatic rings. The van der Waals surface area contributed by atoms with Crippen LogP contribution in [0.25, 0.3) is 15.6 Å². The van der Waals surface area contributed by atoms with E-state index in [9.17, 15) is 9.59 Å². The number of rotatable bonds is 4. The van der Waals surface area contributed by atoms with Gasteiger partial charge in [0.1, 0.15) is 4.83 Å². The van der Waals surface area contributed by atoms with E-state index in [-0.39, 0.29) is 28.0 Å². The van der Waals surface area contributed by atoms with Gasteiger partial charge in [-0.1, -0.05) is 81.9 Å². The topological polar surface area (TPSA) is 71.8 Å². The van der Waals surface area contributed by atoms with Gasteiger partial charge in [-0.3, -0.25) is 9.59 Å². The van der Waals surface area contributed by atoms with Gasteiger partial charge in [-0.25, -0.2) is 4.98 Å². The fourth-order valence-electron chi connectivity index (χ4n) is 6.48. The Morgan fingerprint density at radius 3 is 2.11 bits per heavy atom. The van der Waals surface area contributed by atoms with Crippen molar-refractivity contribution >= 4 is 60.7 Å². The number of benzene rings is 2. The van der Waals surface area contributed by atoms with Gasteiger partial charge in [0.05, 0.1) is 16.0 Å². The second-order valence-electron chi connectivity index (χ2n) is 11.6. The third-order valence-corrected chi connectivity index (χ3v) is 9.96. The van der Waals surface area contributed by atoms with E-state index in [1.54, 1.807) is 30.3 Å². The van der Waals surface area contributed by atoms with E-state index in [1.165, 1.54) is 47.5 Å².